The first-order valence-electron chi connectivity index (χ1n) is 11.7. The minimum atomic E-state index is -0.0350. The van der Waals surface area contributed by atoms with E-state index >= 15 is 0 Å². The highest BCUT2D eigenvalue weighted by Gasteiger charge is 2.32. The SMILES string of the molecule is CCOc1ccc([C@@H](c2sc3nc(C)nn3c2O)N2CCC(Cc3ccccc3)CC2)cc1. The molecule has 0 saturated carbocycles. The molecular weight excluding hydrogens is 432 g/mol. The first-order chi connectivity index (χ1) is 16.1. The summed E-state index contributed by atoms with van der Waals surface area (Å²) in [5.41, 5.74) is 2.56. The third kappa shape index (κ3) is 4.61. The zero-order valence-electron chi connectivity index (χ0n) is 19.1. The molecule has 3 heterocycles. The summed E-state index contributed by atoms with van der Waals surface area (Å²) < 4.78 is 7.22. The van der Waals surface area contributed by atoms with Gasteiger partial charge in [-0.15, -0.1) is 5.10 Å². The molecule has 0 unspecified atom stereocenters. The van der Waals surface area contributed by atoms with Crippen molar-refractivity contribution in [2.24, 2.45) is 5.92 Å². The Morgan fingerprint density at radius 2 is 1.82 bits per heavy atom. The average Bonchev–Trinajstić information content (AvgIpc) is 3.34. The van der Waals surface area contributed by atoms with E-state index in [2.05, 4.69) is 57.4 Å². The Morgan fingerprint density at radius 3 is 2.48 bits per heavy atom. The zero-order chi connectivity index (χ0) is 22.8. The van der Waals surface area contributed by atoms with Crippen molar-refractivity contribution in [3.8, 4) is 11.6 Å². The molecule has 33 heavy (non-hydrogen) atoms. The molecule has 1 N–H and O–H groups in total. The van der Waals surface area contributed by atoms with Crippen molar-refractivity contribution >= 4 is 16.3 Å². The first-order valence-corrected chi connectivity index (χ1v) is 12.5. The van der Waals surface area contributed by atoms with E-state index in [1.54, 1.807) is 4.52 Å². The lowest BCUT2D eigenvalue weighted by Gasteiger charge is -2.37. The summed E-state index contributed by atoms with van der Waals surface area (Å²) in [4.78, 5) is 8.61. The Bertz CT molecular complexity index is 1190. The number of nitrogens with zero attached hydrogens (tertiary/aromatic N) is 4. The normalized spacial score (nSPS) is 16.3. The topological polar surface area (TPSA) is 62.9 Å². The summed E-state index contributed by atoms with van der Waals surface area (Å²) in [5.74, 6) is 2.41. The maximum Gasteiger partial charge on any atom is 0.230 e. The van der Waals surface area contributed by atoms with E-state index in [-0.39, 0.29) is 11.9 Å². The van der Waals surface area contributed by atoms with E-state index < -0.39 is 0 Å². The summed E-state index contributed by atoms with van der Waals surface area (Å²) in [7, 11) is 0. The van der Waals surface area contributed by atoms with Gasteiger partial charge in [-0.3, -0.25) is 4.90 Å². The second kappa shape index (κ2) is 9.53. The highest BCUT2D eigenvalue weighted by molar-refractivity contribution is 7.17. The molecule has 1 saturated heterocycles. The Morgan fingerprint density at radius 1 is 1.09 bits per heavy atom. The molecule has 0 bridgehead atoms. The molecule has 4 aromatic rings. The van der Waals surface area contributed by atoms with Crippen LogP contribution in [0.3, 0.4) is 0 Å². The number of ether oxygens (including phenoxy) is 1. The summed E-state index contributed by atoms with van der Waals surface area (Å²) >= 11 is 1.53. The van der Waals surface area contributed by atoms with Crippen LogP contribution in [-0.4, -0.2) is 44.3 Å². The van der Waals surface area contributed by atoms with Crippen molar-refractivity contribution in [1.29, 1.82) is 0 Å². The van der Waals surface area contributed by atoms with Gasteiger partial charge in [0.2, 0.25) is 10.8 Å². The summed E-state index contributed by atoms with van der Waals surface area (Å²) in [6, 6.07) is 19.0. The van der Waals surface area contributed by atoms with Crippen LogP contribution in [0, 0.1) is 12.8 Å². The van der Waals surface area contributed by atoms with Crippen LogP contribution in [0.5, 0.6) is 11.6 Å². The molecule has 1 atom stereocenters. The number of hydrogen-bond donors (Lipinski definition) is 1. The molecule has 1 aliphatic rings. The second-order valence-electron chi connectivity index (χ2n) is 8.72. The Balaban J connectivity index is 1.41. The number of piperidine rings is 1. The van der Waals surface area contributed by atoms with E-state index in [1.807, 2.05) is 26.0 Å². The first kappa shape index (κ1) is 21.9. The van der Waals surface area contributed by atoms with E-state index in [4.69, 9.17) is 4.74 Å². The third-order valence-corrected chi connectivity index (χ3v) is 7.51. The monoisotopic (exact) mass is 462 g/mol. The van der Waals surface area contributed by atoms with Crippen molar-refractivity contribution < 1.29 is 9.84 Å². The number of fused-ring (bicyclic) bond motifs is 1. The average molecular weight is 463 g/mol. The van der Waals surface area contributed by atoms with Gasteiger partial charge in [-0.2, -0.15) is 4.52 Å². The lowest BCUT2D eigenvalue weighted by Crippen LogP contribution is -2.37. The molecule has 0 spiro atoms. The van der Waals surface area contributed by atoms with Gasteiger partial charge in [-0.25, -0.2) is 4.98 Å². The van der Waals surface area contributed by atoms with Crippen molar-refractivity contribution in [2.75, 3.05) is 19.7 Å². The summed E-state index contributed by atoms with van der Waals surface area (Å²) in [6.07, 6.45) is 3.41. The molecule has 7 heteroatoms. The molecule has 1 fully saturated rings. The fourth-order valence-electron chi connectivity index (χ4n) is 4.83. The van der Waals surface area contributed by atoms with Crippen LogP contribution in [0.4, 0.5) is 0 Å². The molecule has 0 aliphatic carbocycles. The van der Waals surface area contributed by atoms with Crippen LogP contribution in [0.1, 0.15) is 47.6 Å². The van der Waals surface area contributed by atoms with Crippen molar-refractivity contribution in [3.05, 3.63) is 76.4 Å². The van der Waals surface area contributed by atoms with Gasteiger partial charge in [0.25, 0.3) is 0 Å². The third-order valence-electron chi connectivity index (χ3n) is 6.44. The van der Waals surface area contributed by atoms with Gasteiger partial charge in [0.1, 0.15) is 11.6 Å². The van der Waals surface area contributed by atoms with Gasteiger partial charge in [0.05, 0.1) is 17.5 Å². The molecule has 0 radical (unpaired) electrons. The molecule has 0 amide bonds. The number of thiazole rings is 1. The zero-order valence-corrected chi connectivity index (χ0v) is 20.0. The maximum atomic E-state index is 11.1. The number of rotatable bonds is 7. The van der Waals surface area contributed by atoms with E-state index in [9.17, 15) is 5.11 Å². The Kier molecular flexibility index (Phi) is 6.33. The van der Waals surface area contributed by atoms with Crippen LogP contribution in [-0.2, 0) is 6.42 Å². The van der Waals surface area contributed by atoms with Gasteiger partial charge in [0.15, 0.2) is 0 Å². The minimum absolute atomic E-state index is 0.0350. The number of benzene rings is 2. The van der Waals surface area contributed by atoms with E-state index in [0.717, 1.165) is 53.5 Å². The number of aromatic nitrogens is 3. The Hall–Kier alpha value is -2.90. The van der Waals surface area contributed by atoms with Crippen LogP contribution < -0.4 is 4.74 Å². The van der Waals surface area contributed by atoms with Gasteiger partial charge < -0.3 is 9.84 Å². The van der Waals surface area contributed by atoms with Crippen LogP contribution in [0.2, 0.25) is 0 Å². The number of likely N-dealkylation sites (tertiary alicyclic amines) is 1. The predicted octanol–water partition coefficient (Wildman–Crippen LogP) is 5.25. The maximum absolute atomic E-state index is 11.1. The van der Waals surface area contributed by atoms with Crippen molar-refractivity contribution in [3.63, 3.8) is 0 Å². The van der Waals surface area contributed by atoms with Gasteiger partial charge in [-0.05, 0) is 75.4 Å². The Labute approximate surface area is 198 Å². The summed E-state index contributed by atoms with van der Waals surface area (Å²) in [6.45, 7) is 6.46. The van der Waals surface area contributed by atoms with Gasteiger partial charge >= 0.3 is 0 Å². The molecule has 172 valence electrons. The lowest BCUT2D eigenvalue weighted by atomic mass is 9.89. The minimum Gasteiger partial charge on any atom is -0.494 e. The molecule has 2 aromatic carbocycles. The van der Waals surface area contributed by atoms with E-state index in [0.29, 0.717) is 18.3 Å². The van der Waals surface area contributed by atoms with Gasteiger partial charge in [0, 0.05) is 0 Å². The highest BCUT2D eigenvalue weighted by Crippen LogP contribution is 2.41. The van der Waals surface area contributed by atoms with Gasteiger partial charge in [-0.1, -0.05) is 53.8 Å². The number of aromatic hydroxyl groups is 1. The molecule has 2 aromatic heterocycles. The molecule has 5 rings (SSSR count). The quantitative estimate of drug-likeness (QED) is 0.407. The van der Waals surface area contributed by atoms with Crippen LogP contribution in [0.25, 0.3) is 4.96 Å². The number of hydrogen-bond acceptors (Lipinski definition) is 6. The van der Waals surface area contributed by atoms with Crippen molar-refractivity contribution in [1.82, 2.24) is 19.5 Å². The van der Waals surface area contributed by atoms with Crippen molar-refractivity contribution in [2.45, 2.75) is 39.2 Å². The predicted molar refractivity (Wildman–Crippen MR) is 131 cm³/mol. The van der Waals surface area contributed by atoms with Crippen LogP contribution >= 0.6 is 11.3 Å². The molecular formula is C26H30N4O2S. The number of aryl methyl sites for hydroxylation is 1. The summed E-state index contributed by atoms with van der Waals surface area (Å²) in [5, 5.41) is 15.4. The fourth-order valence-corrected chi connectivity index (χ4v) is 5.99. The standard InChI is InChI=1S/C26H30N4O2S/c1-3-32-22-11-9-21(10-12-22)23(24-25(31)30-26(33-24)27-18(2)28-30)29-15-13-20(14-16-29)17-19-7-5-4-6-8-19/h4-12,20,23,31H,3,13-17H2,1-2H3/t23-/m0/s1. The lowest BCUT2D eigenvalue weighted by molar-refractivity contribution is 0.150. The molecule has 1 aliphatic heterocycles. The van der Waals surface area contributed by atoms with E-state index in [1.165, 1.54) is 16.9 Å². The second-order valence-corrected chi connectivity index (χ2v) is 9.73. The largest absolute Gasteiger partial charge is 0.494 e. The molecule has 6 nitrogen and oxygen atoms in total. The highest BCUT2D eigenvalue weighted by atomic mass is 32.1. The van der Waals surface area contributed by atoms with Crippen LogP contribution in [0.15, 0.2) is 54.6 Å². The smallest absolute Gasteiger partial charge is 0.230 e. The fraction of sp³-hybridized carbons (Fsp3) is 0.385.